The summed E-state index contributed by atoms with van der Waals surface area (Å²) in [6.07, 6.45) is 3.63. The van der Waals surface area contributed by atoms with Gasteiger partial charge in [-0.15, -0.1) is 0 Å². The predicted octanol–water partition coefficient (Wildman–Crippen LogP) is 3.30. The number of carbonyl (C=O) groups is 1. The molecule has 0 radical (unpaired) electrons. The zero-order valence-corrected chi connectivity index (χ0v) is 13.9. The number of amides is 2. The highest BCUT2D eigenvalue weighted by Crippen LogP contribution is 2.30. The molecular weight excluding hydrogens is 276 g/mol. The van der Waals surface area contributed by atoms with Crippen LogP contribution in [0, 0.1) is 0 Å². The molecule has 0 unspecified atom stereocenters. The van der Waals surface area contributed by atoms with Crippen molar-refractivity contribution in [3.05, 3.63) is 35.9 Å². The molecule has 0 aliphatic heterocycles. The molecule has 0 heterocycles. The Bertz CT molecular complexity index is 488. The van der Waals surface area contributed by atoms with Crippen LogP contribution >= 0.6 is 0 Å². The van der Waals surface area contributed by atoms with Crippen LogP contribution in [0.2, 0.25) is 0 Å². The number of urea groups is 1. The van der Waals surface area contributed by atoms with Gasteiger partial charge in [-0.1, -0.05) is 43.2 Å². The van der Waals surface area contributed by atoms with Crippen LogP contribution in [0.1, 0.15) is 52.0 Å². The third-order valence-corrected chi connectivity index (χ3v) is 4.00. The molecule has 2 N–H and O–H groups in total. The Hall–Kier alpha value is -1.55. The molecule has 0 spiro atoms. The molecule has 1 aliphatic rings. The number of carbonyl (C=O) groups excluding carboxylic acids is 1. The van der Waals surface area contributed by atoms with E-state index in [1.54, 1.807) is 4.90 Å². The van der Waals surface area contributed by atoms with E-state index >= 15 is 0 Å². The van der Waals surface area contributed by atoms with E-state index in [2.05, 4.69) is 5.32 Å². The van der Waals surface area contributed by atoms with E-state index in [-0.39, 0.29) is 11.6 Å². The summed E-state index contributed by atoms with van der Waals surface area (Å²) in [5.74, 6) is 0. The van der Waals surface area contributed by atoms with Crippen molar-refractivity contribution >= 4 is 6.03 Å². The molecular formula is C18H28N2O2. The van der Waals surface area contributed by atoms with Crippen molar-refractivity contribution in [2.45, 2.75) is 64.1 Å². The monoisotopic (exact) mass is 304 g/mol. The summed E-state index contributed by atoms with van der Waals surface area (Å²) in [6.45, 7) is 6.82. The third-order valence-electron chi connectivity index (χ3n) is 4.00. The van der Waals surface area contributed by atoms with Crippen molar-refractivity contribution < 1.29 is 9.90 Å². The van der Waals surface area contributed by atoms with Gasteiger partial charge in [-0.05, 0) is 39.2 Å². The molecule has 1 saturated carbocycles. The number of nitrogens with zero attached hydrogens (tertiary/aromatic N) is 1. The van der Waals surface area contributed by atoms with Gasteiger partial charge in [0.05, 0.1) is 12.1 Å². The quantitative estimate of drug-likeness (QED) is 0.896. The number of nitrogens with one attached hydrogen (secondary N) is 1. The Balaban J connectivity index is 2.11. The van der Waals surface area contributed by atoms with Gasteiger partial charge in [0.1, 0.15) is 0 Å². The Morgan fingerprint density at radius 2 is 1.82 bits per heavy atom. The minimum atomic E-state index is -0.732. The second kappa shape index (κ2) is 6.69. The van der Waals surface area contributed by atoms with Crippen LogP contribution in [-0.4, -0.2) is 33.7 Å². The Labute approximate surface area is 133 Å². The Morgan fingerprint density at radius 3 is 2.36 bits per heavy atom. The van der Waals surface area contributed by atoms with Crippen molar-refractivity contribution in [1.29, 1.82) is 0 Å². The van der Waals surface area contributed by atoms with Gasteiger partial charge in [0.2, 0.25) is 0 Å². The van der Waals surface area contributed by atoms with Crippen LogP contribution in [0.5, 0.6) is 0 Å². The highest BCUT2D eigenvalue weighted by Gasteiger charge is 2.35. The van der Waals surface area contributed by atoms with Crippen LogP contribution in [-0.2, 0) is 6.54 Å². The van der Waals surface area contributed by atoms with Crippen LogP contribution < -0.4 is 5.32 Å². The predicted molar refractivity (Wildman–Crippen MR) is 88.6 cm³/mol. The molecule has 22 heavy (non-hydrogen) atoms. The molecule has 0 saturated heterocycles. The zero-order chi connectivity index (χ0) is 16.2. The Kier molecular flexibility index (Phi) is 5.12. The van der Waals surface area contributed by atoms with Crippen molar-refractivity contribution in [2.24, 2.45) is 0 Å². The fourth-order valence-corrected chi connectivity index (χ4v) is 2.95. The van der Waals surface area contributed by atoms with Crippen LogP contribution in [0.4, 0.5) is 4.79 Å². The minimum absolute atomic E-state index is 0.114. The van der Waals surface area contributed by atoms with Gasteiger partial charge in [0, 0.05) is 12.1 Å². The summed E-state index contributed by atoms with van der Waals surface area (Å²) in [5.41, 5.74) is 0.0575. The van der Waals surface area contributed by atoms with Gasteiger partial charge in [-0.25, -0.2) is 4.79 Å². The molecule has 1 aromatic carbocycles. The first kappa shape index (κ1) is 16.8. The maximum absolute atomic E-state index is 12.6. The summed E-state index contributed by atoms with van der Waals surface area (Å²) in [6, 6.07) is 9.81. The molecule has 1 fully saturated rings. The van der Waals surface area contributed by atoms with E-state index in [1.807, 2.05) is 51.1 Å². The topological polar surface area (TPSA) is 52.6 Å². The van der Waals surface area contributed by atoms with Crippen LogP contribution in [0.3, 0.4) is 0 Å². The number of benzene rings is 1. The first-order chi connectivity index (χ1) is 10.3. The lowest BCUT2D eigenvalue weighted by Gasteiger charge is -2.34. The highest BCUT2D eigenvalue weighted by molar-refractivity contribution is 5.75. The summed E-state index contributed by atoms with van der Waals surface area (Å²) >= 11 is 0. The van der Waals surface area contributed by atoms with Gasteiger partial charge in [0.15, 0.2) is 0 Å². The van der Waals surface area contributed by atoms with E-state index in [0.29, 0.717) is 13.1 Å². The number of aliphatic hydroxyl groups is 1. The lowest BCUT2D eigenvalue weighted by atomic mass is 10.0. The SMILES string of the molecule is CC(C)(C)NC(=O)N(Cc1ccccc1)CC1(O)CCCC1. The molecule has 0 bridgehead atoms. The van der Waals surface area contributed by atoms with Gasteiger partial charge in [0.25, 0.3) is 0 Å². The largest absolute Gasteiger partial charge is 0.388 e. The molecule has 2 rings (SSSR count). The maximum Gasteiger partial charge on any atom is 0.318 e. The van der Waals surface area contributed by atoms with E-state index in [9.17, 15) is 9.90 Å². The maximum atomic E-state index is 12.6. The third kappa shape index (κ3) is 5.02. The molecule has 2 amide bonds. The van der Waals surface area contributed by atoms with Gasteiger partial charge in [-0.2, -0.15) is 0 Å². The van der Waals surface area contributed by atoms with E-state index in [0.717, 1.165) is 31.2 Å². The van der Waals surface area contributed by atoms with Crippen molar-refractivity contribution in [3.8, 4) is 0 Å². The highest BCUT2D eigenvalue weighted by atomic mass is 16.3. The molecule has 0 atom stereocenters. The van der Waals surface area contributed by atoms with E-state index < -0.39 is 5.60 Å². The summed E-state index contributed by atoms with van der Waals surface area (Å²) < 4.78 is 0. The minimum Gasteiger partial charge on any atom is -0.388 e. The number of rotatable bonds is 4. The van der Waals surface area contributed by atoms with E-state index in [1.165, 1.54) is 0 Å². The second-order valence-electron chi connectivity index (χ2n) is 7.45. The summed E-state index contributed by atoms with van der Waals surface area (Å²) in [7, 11) is 0. The fraction of sp³-hybridized carbons (Fsp3) is 0.611. The fourth-order valence-electron chi connectivity index (χ4n) is 2.95. The van der Waals surface area contributed by atoms with Crippen molar-refractivity contribution in [2.75, 3.05) is 6.54 Å². The molecule has 1 aliphatic carbocycles. The van der Waals surface area contributed by atoms with E-state index in [4.69, 9.17) is 0 Å². The molecule has 0 aromatic heterocycles. The van der Waals surface area contributed by atoms with Crippen LogP contribution in [0.15, 0.2) is 30.3 Å². The molecule has 4 nitrogen and oxygen atoms in total. The smallest absolute Gasteiger partial charge is 0.318 e. The average Bonchev–Trinajstić information content (AvgIpc) is 2.84. The van der Waals surface area contributed by atoms with Gasteiger partial charge in [-0.3, -0.25) is 0 Å². The summed E-state index contributed by atoms with van der Waals surface area (Å²) in [4.78, 5) is 14.3. The van der Waals surface area contributed by atoms with Gasteiger partial charge < -0.3 is 15.3 Å². The standard InChI is InChI=1S/C18H28N2O2/c1-17(2,3)19-16(21)20(13-15-9-5-4-6-10-15)14-18(22)11-7-8-12-18/h4-6,9-10,22H,7-8,11-14H2,1-3H3,(H,19,21). The molecule has 4 heteroatoms. The zero-order valence-electron chi connectivity index (χ0n) is 13.9. The number of hydrogen-bond acceptors (Lipinski definition) is 2. The van der Waals surface area contributed by atoms with Crippen LogP contribution in [0.25, 0.3) is 0 Å². The first-order valence-electron chi connectivity index (χ1n) is 8.11. The van der Waals surface area contributed by atoms with Crippen molar-refractivity contribution in [1.82, 2.24) is 10.2 Å². The molecule has 122 valence electrons. The Morgan fingerprint density at radius 1 is 1.23 bits per heavy atom. The van der Waals surface area contributed by atoms with Gasteiger partial charge >= 0.3 is 6.03 Å². The lowest BCUT2D eigenvalue weighted by molar-refractivity contribution is 0.0168. The second-order valence-corrected chi connectivity index (χ2v) is 7.45. The average molecular weight is 304 g/mol. The molecule has 1 aromatic rings. The normalized spacial score (nSPS) is 17.3. The lowest BCUT2D eigenvalue weighted by Crippen LogP contribution is -2.52. The summed E-state index contributed by atoms with van der Waals surface area (Å²) in [5, 5.41) is 13.7. The number of hydrogen-bond donors (Lipinski definition) is 2. The van der Waals surface area contributed by atoms with Crippen molar-refractivity contribution in [3.63, 3.8) is 0 Å². The first-order valence-corrected chi connectivity index (χ1v) is 8.11.